The first-order valence-electron chi connectivity index (χ1n) is 6.89. The van der Waals surface area contributed by atoms with Gasteiger partial charge in [-0.1, -0.05) is 6.07 Å². The second-order valence-corrected chi connectivity index (χ2v) is 5.49. The molecule has 0 bridgehead atoms. The van der Waals surface area contributed by atoms with Crippen molar-refractivity contribution in [1.29, 1.82) is 0 Å². The Balaban J connectivity index is 1.91. The van der Waals surface area contributed by atoms with Gasteiger partial charge in [0.05, 0.1) is 11.4 Å². The van der Waals surface area contributed by atoms with Gasteiger partial charge in [0.15, 0.2) is 0 Å². The molecular weight excluding hydrogens is 232 g/mol. The molecule has 0 atom stereocenters. The standard InChI is InChI=1S/C17H20N2/c1-11-8-16(18)17(9-12(11)2)19-15-7-6-13-4-3-5-14(13)10-15/h6-10,19H,3-5,18H2,1-2H3. The summed E-state index contributed by atoms with van der Waals surface area (Å²) in [5.74, 6) is 0. The molecule has 0 aromatic heterocycles. The van der Waals surface area contributed by atoms with Crippen molar-refractivity contribution in [2.45, 2.75) is 33.1 Å². The summed E-state index contributed by atoms with van der Waals surface area (Å²) in [5.41, 5.74) is 14.5. The second-order valence-electron chi connectivity index (χ2n) is 5.49. The van der Waals surface area contributed by atoms with Crippen LogP contribution in [0.2, 0.25) is 0 Å². The van der Waals surface area contributed by atoms with E-state index >= 15 is 0 Å². The maximum Gasteiger partial charge on any atom is 0.0620 e. The minimum absolute atomic E-state index is 0.809. The molecule has 0 heterocycles. The van der Waals surface area contributed by atoms with Gasteiger partial charge in [0.25, 0.3) is 0 Å². The molecule has 0 fully saturated rings. The van der Waals surface area contributed by atoms with E-state index < -0.39 is 0 Å². The highest BCUT2D eigenvalue weighted by atomic mass is 14.9. The molecule has 0 saturated carbocycles. The molecule has 1 aliphatic carbocycles. The molecule has 3 rings (SSSR count). The average molecular weight is 252 g/mol. The average Bonchev–Trinajstić information content (AvgIpc) is 2.83. The van der Waals surface area contributed by atoms with Crippen LogP contribution in [0.5, 0.6) is 0 Å². The van der Waals surface area contributed by atoms with Crippen molar-refractivity contribution >= 4 is 17.1 Å². The fraction of sp³-hybridized carbons (Fsp3) is 0.294. The fourth-order valence-electron chi connectivity index (χ4n) is 2.75. The third-order valence-corrected chi connectivity index (χ3v) is 4.04. The van der Waals surface area contributed by atoms with E-state index in [9.17, 15) is 0 Å². The molecule has 0 radical (unpaired) electrons. The second kappa shape index (κ2) is 4.61. The van der Waals surface area contributed by atoms with Crippen molar-refractivity contribution < 1.29 is 0 Å². The molecule has 0 saturated heterocycles. The first kappa shape index (κ1) is 12.1. The molecule has 2 aromatic carbocycles. The number of benzene rings is 2. The zero-order chi connectivity index (χ0) is 13.4. The lowest BCUT2D eigenvalue weighted by molar-refractivity contribution is 0.912. The molecule has 0 amide bonds. The van der Waals surface area contributed by atoms with E-state index in [4.69, 9.17) is 5.73 Å². The highest BCUT2D eigenvalue weighted by Gasteiger charge is 2.11. The topological polar surface area (TPSA) is 38.0 Å². The molecule has 3 N–H and O–H groups in total. The summed E-state index contributed by atoms with van der Waals surface area (Å²) in [6, 6.07) is 10.8. The van der Waals surface area contributed by atoms with Crippen LogP contribution in [0.15, 0.2) is 30.3 Å². The van der Waals surface area contributed by atoms with Crippen LogP contribution in [0.1, 0.15) is 28.7 Å². The van der Waals surface area contributed by atoms with Gasteiger partial charge in [0, 0.05) is 5.69 Å². The molecule has 2 heteroatoms. The van der Waals surface area contributed by atoms with Gasteiger partial charge in [-0.15, -0.1) is 0 Å². The molecule has 0 unspecified atom stereocenters. The van der Waals surface area contributed by atoms with E-state index in [2.05, 4.69) is 43.4 Å². The third kappa shape index (κ3) is 2.30. The van der Waals surface area contributed by atoms with Crippen LogP contribution in [-0.4, -0.2) is 0 Å². The lowest BCUT2D eigenvalue weighted by Crippen LogP contribution is -1.99. The number of aryl methyl sites for hydroxylation is 4. The summed E-state index contributed by atoms with van der Waals surface area (Å²) < 4.78 is 0. The third-order valence-electron chi connectivity index (χ3n) is 4.04. The predicted octanol–water partition coefficient (Wildman–Crippen LogP) is 4.12. The molecule has 1 aliphatic rings. The van der Waals surface area contributed by atoms with Crippen molar-refractivity contribution in [3.8, 4) is 0 Å². The molecule has 19 heavy (non-hydrogen) atoms. The molecule has 0 spiro atoms. The Bertz CT molecular complexity index is 629. The lowest BCUT2D eigenvalue weighted by Gasteiger charge is -2.13. The van der Waals surface area contributed by atoms with Crippen LogP contribution in [0.3, 0.4) is 0 Å². The number of hydrogen-bond acceptors (Lipinski definition) is 2. The highest BCUT2D eigenvalue weighted by molar-refractivity contribution is 5.74. The Morgan fingerprint density at radius 3 is 2.53 bits per heavy atom. The van der Waals surface area contributed by atoms with E-state index in [1.165, 1.54) is 41.5 Å². The van der Waals surface area contributed by atoms with Crippen molar-refractivity contribution in [2.24, 2.45) is 0 Å². The summed E-state index contributed by atoms with van der Waals surface area (Å²) in [7, 11) is 0. The van der Waals surface area contributed by atoms with Crippen LogP contribution in [-0.2, 0) is 12.8 Å². The van der Waals surface area contributed by atoms with Gasteiger partial charge >= 0.3 is 0 Å². The predicted molar refractivity (Wildman–Crippen MR) is 82.1 cm³/mol. The first-order valence-corrected chi connectivity index (χ1v) is 6.89. The molecule has 2 nitrogen and oxygen atoms in total. The quantitative estimate of drug-likeness (QED) is 0.789. The van der Waals surface area contributed by atoms with Crippen molar-refractivity contribution in [3.05, 3.63) is 52.6 Å². The SMILES string of the molecule is Cc1cc(N)c(Nc2ccc3c(c2)CCC3)cc1C. The van der Waals surface area contributed by atoms with E-state index in [1.807, 2.05) is 6.07 Å². The van der Waals surface area contributed by atoms with Crippen LogP contribution in [0.4, 0.5) is 17.1 Å². The summed E-state index contributed by atoms with van der Waals surface area (Å²) in [6.07, 6.45) is 3.71. The number of hydrogen-bond donors (Lipinski definition) is 2. The largest absolute Gasteiger partial charge is 0.397 e. The van der Waals surface area contributed by atoms with Gasteiger partial charge in [0.2, 0.25) is 0 Å². The lowest BCUT2D eigenvalue weighted by atomic mass is 10.1. The monoisotopic (exact) mass is 252 g/mol. The number of nitrogens with two attached hydrogens (primary N) is 1. The Labute approximate surface area is 114 Å². The number of nitrogen functional groups attached to an aromatic ring is 1. The van der Waals surface area contributed by atoms with Gasteiger partial charge in [0.1, 0.15) is 0 Å². The van der Waals surface area contributed by atoms with Gasteiger partial charge in [-0.25, -0.2) is 0 Å². The van der Waals surface area contributed by atoms with E-state index in [0.717, 1.165) is 17.1 Å². The van der Waals surface area contributed by atoms with Gasteiger partial charge in [-0.3, -0.25) is 0 Å². The Morgan fingerprint density at radius 2 is 1.68 bits per heavy atom. The Kier molecular flexibility index (Phi) is 2.94. The number of anilines is 3. The Morgan fingerprint density at radius 1 is 0.947 bits per heavy atom. The minimum Gasteiger partial charge on any atom is -0.397 e. The zero-order valence-electron chi connectivity index (χ0n) is 11.6. The first-order chi connectivity index (χ1) is 9.13. The van der Waals surface area contributed by atoms with Crippen LogP contribution >= 0.6 is 0 Å². The highest BCUT2D eigenvalue weighted by Crippen LogP contribution is 2.29. The summed E-state index contributed by atoms with van der Waals surface area (Å²) in [4.78, 5) is 0. The number of rotatable bonds is 2. The minimum atomic E-state index is 0.809. The van der Waals surface area contributed by atoms with Crippen LogP contribution in [0, 0.1) is 13.8 Å². The van der Waals surface area contributed by atoms with Gasteiger partial charge in [-0.2, -0.15) is 0 Å². The van der Waals surface area contributed by atoms with Crippen molar-refractivity contribution in [2.75, 3.05) is 11.1 Å². The molecule has 2 aromatic rings. The maximum absolute atomic E-state index is 6.09. The van der Waals surface area contributed by atoms with E-state index in [0.29, 0.717) is 0 Å². The zero-order valence-corrected chi connectivity index (χ0v) is 11.6. The summed E-state index contributed by atoms with van der Waals surface area (Å²) in [6.45, 7) is 4.20. The van der Waals surface area contributed by atoms with Crippen LogP contribution < -0.4 is 11.1 Å². The smallest absolute Gasteiger partial charge is 0.0620 e. The van der Waals surface area contributed by atoms with Gasteiger partial charge < -0.3 is 11.1 Å². The van der Waals surface area contributed by atoms with E-state index in [1.54, 1.807) is 0 Å². The van der Waals surface area contributed by atoms with Crippen molar-refractivity contribution in [3.63, 3.8) is 0 Å². The molecule has 0 aliphatic heterocycles. The maximum atomic E-state index is 6.09. The number of fused-ring (bicyclic) bond motifs is 1. The normalized spacial score (nSPS) is 13.4. The summed E-state index contributed by atoms with van der Waals surface area (Å²) >= 11 is 0. The fourth-order valence-corrected chi connectivity index (χ4v) is 2.75. The molecule has 98 valence electrons. The number of nitrogens with one attached hydrogen (secondary N) is 1. The summed E-state index contributed by atoms with van der Waals surface area (Å²) in [5, 5.41) is 3.44. The van der Waals surface area contributed by atoms with E-state index in [-0.39, 0.29) is 0 Å². The molecular formula is C17H20N2. The van der Waals surface area contributed by atoms with Crippen molar-refractivity contribution in [1.82, 2.24) is 0 Å². The van der Waals surface area contributed by atoms with Gasteiger partial charge in [-0.05, 0) is 79.6 Å². The Hall–Kier alpha value is -1.96. The van der Waals surface area contributed by atoms with Crippen LogP contribution in [0.25, 0.3) is 0 Å².